The molecule has 0 bridgehead atoms. The van der Waals surface area contributed by atoms with Crippen LogP contribution in [0.5, 0.6) is 0 Å². The van der Waals surface area contributed by atoms with E-state index in [1.54, 1.807) is 11.9 Å². The van der Waals surface area contributed by atoms with Crippen LogP contribution < -0.4 is 5.73 Å². The highest BCUT2D eigenvalue weighted by atomic mass is 79.9. The van der Waals surface area contributed by atoms with Crippen LogP contribution in [0.15, 0.2) is 21.2 Å². The molecule has 0 aliphatic heterocycles. The summed E-state index contributed by atoms with van der Waals surface area (Å²) in [6.45, 7) is 0.487. The molecule has 0 saturated heterocycles. The summed E-state index contributed by atoms with van der Waals surface area (Å²) in [5.41, 5.74) is 5.93. The van der Waals surface area contributed by atoms with Crippen molar-refractivity contribution in [3.63, 3.8) is 0 Å². The fraction of sp³-hybridized carbons (Fsp3) is 0.615. The summed E-state index contributed by atoms with van der Waals surface area (Å²) in [6.07, 6.45) is 4.63. The van der Waals surface area contributed by atoms with Gasteiger partial charge in [0.05, 0.1) is 6.54 Å². The Kier molecular flexibility index (Phi) is 4.12. The molecule has 1 amide bonds. The van der Waals surface area contributed by atoms with E-state index in [-0.39, 0.29) is 11.4 Å². The second-order valence-electron chi connectivity index (χ2n) is 5.20. The summed E-state index contributed by atoms with van der Waals surface area (Å²) < 4.78 is 6.08. The Bertz CT molecular complexity index is 424. The molecule has 0 atom stereocenters. The Labute approximate surface area is 116 Å². The number of rotatable bonds is 4. The fourth-order valence-electron chi connectivity index (χ4n) is 2.45. The zero-order chi connectivity index (χ0) is 13.2. The molecule has 1 aromatic heterocycles. The third-order valence-electron chi connectivity index (χ3n) is 3.55. The summed E-state index contributed by atoms with van der Waals surface area (Å²) in [6, 6.07) is 3.69. The molecule has 18 heavy (non-hydrogen) atoms. The molecule has 0 aromatic carbocycles. The van der Waals surface area contributed by atoms with Crippen molar-refractivity contribution in [3.8, 4) is 0 Å². The maximum Gasteiger partial charge on any atom is 0.224 e. The van der Waals surface area contributed by atoms with Gasteiger partial charge in [0.1, 0.15) is 5.76 Å². The molecule has 1 saturated carbocycles. The molecule has 0 unspecified atom stereocenters. The zero-order valence-corrected chi connectivity index (χ0v) is 12.2. The van der Waals surface area contributed by atoms with Crippen molar-refractivity contribution in [1.82, 2.24) is 4.90 Å². The van der Waals surface area contributed by atoms with Gasteiger partial charge in [-0.25, -0.2) is 0 Å². The summed E-state index contributed by atoms with van der Waals surface area (Å²) in [4.78, 5) is 13.8. The lowest BCUT2D eigenvalue weighted by Crippen LogP contribution is -2.42. The Morgan fingerprint density at radius 1 is 1.50 bits per heavy atom. The smallest absolute Gasteiger partial charge is 0.224 e. The third-order valence-corrected chi connectivity index (χ3v) is 3.98. The lowest BCUT2D eigenvalue weighted by atomic mass is 9.94. The minimum Gasteiger partial charge on any atom is -0.452 e. The molecule has 5 heteroatoms. The highest BCUT2D eigenvalue weighted by molar-refractivity contribution is 9.10. The van der Waals surface area contributed by atoms with Crippen LogP contribution in [-0.4, -0.2) is 23.4 Å². The van der Waals surface area contributed by atoms with E-state index in [1.807, 2.05) is 12.1 Å². The first-order valence-electron chi connectivity index (χ1n) is 6.26. The SMILES string of the molecule is CN(Cc1ccc(Br)o1)C(=O)CC1(N)CCCC1. The van der Waals surface area contributed by atoms with Crippen LogP contribution in [0, 0.1) is 0 Å². The number of halogens is 1. The maximum atomic E-state index is 12.1. The molecule has 1 fully saturated rings. The van der Waals surface area contributed by atoms with Gasteiger partial charge < -0.3 is 15.1 Å². The van der Waals surface area contributed by atoms with Gasteiger partial charge in [-0.3, -0.25) is 4.79 Å². The molecule has 4 nitrogen and oxygen atoms in total. The third kappa shape index (κ3) is 3.36. The Balaban J connectivity index is 1.88. The number of amides is 1. The molecule has 0 radical (unpaired) electrons. The first-order chi connectivity index (χ1) is 8.48. The zero-order valence-electron chi connectivity index (χ0n) is 10.6. The molecule has 2 rings (SSSR count). The van der Waals surface area contributed by atoms with Crippen LogP contribution >= 0.6 is 15.9 Å². The maximum absolute atomic E-state index is 12.1. The predicted octanol–water partition coefficient (Wildman–Crippen LogP) is 2.66. The highest BCUT2D eigenvalue weighted by Gasteiger charge is 2.32. The number of furan rings is 1. The molecule has 0 spiro atoms. The fourth-order valence-corrected chi connectivity index (χ4v) is 2.79. The van der Waals surface area contributed by atoms with Crippen LogP contribution in [0.1, 0.15) is 37.9 Å². The van der Waals surface area contributed by atoms with Gasteiger partial charge in [-0.15, -0.1) is 0 Å². The average Bonchev–Trinajstić information content (AvgIpc) is 2.88. The topological polar surface area (TPSA) is 59.5 Å². The number of carbonyl (C=O) groups excluding carboxylic acids is 1. The average molecular weight is 315 g/mol. The van der Waals surface area contributed by atoms with E-state index in [0.717, 1.165) is 31.4 Å². The van der Waals surface area contributed by atoms with Crippen molar-refractivity contribution in [2.75, 3.05) is 7.05 Å². The largest absolute Gasteiger partial charge is 0.452 e. The van der Waals surface area contributed by atoms with Crippen molar-refractivity contribution in [2.24, 2.45) is 5.73 Å². The molecule has 2 N–H and O–H groups in total. The lowest BCUT2D eigenvalue weighted by Gasteiger charge is -2.25. The van der Waals surface area contributed by atoms with Crippen molar-refractivity contribution in [2.45, 2.75) is 44.2 Å². The first kappa shape index (κ1) is 13.6. The van der Waals surface area contributed by atoms with Gasteiger partial charge in [0, 0.05) is 19.0 Å². The molecule has 100 valence electrons. The number of nitrogens with two attached hydrogens (primary N) is 1. The van der Waals surface area contributed by atoms with E-state index in [1.165, 1.54) is 0 Å². The van der Waals surface area contributed by atoms with Crippen molar-refractivity contribution < 1.29 is 9.21 Å². The predicted molar refractivity (Wildman–Crippen MR) is 72.9 cm³/mol. The second-order valence-corrected chi connectivity index (χ2v) is 5.98. The number of carbonyl (C=O) groups is 1. The number of hydrogen-bond donors (Lipinski definition) is 1. The molecule has 1 aliphatic carbocycles. The van der Waals surface area contributed by atoms with Crippen LogP contribution in [0.4, 0.5) is 0 Å². The van der Waals surface area contributed by atoms with Gasteiger partial charge in [-0.05, 0) is 40.9 Å². The Morgan fingerprint density at radius 2 is 2.17 bits per heavy atom. The van der Waals surface area contributed by atoms with Gasteiger partial charge in [0.2, 0.25) is 5.91 Å². The van der Waals surface area contributed by atoms with E-state index >= 15 is 0 Å². The summed E-state index contributed by atoms with van der Waals surface area (Å²) in [7, 11) is 1.79. The first-order valence-corrected chi connectivity index (χ1v) is 7.05. The van der Waals surface area contributed by atoms with E-state index in [0.29, 0.717) is 17.6 Å². The van der Waals surface area contributed by atoms with Gasteiger partial charge in [0.15, 0.2) is 4.67 Å². The minimum absolute atomic E-state index is 0.0897. The van der Waals surface area contributed by atoms with E-state index in [4.69, 9.17) is 10.2 Å². The van der Waals surface area contributed by atoms with Gasteiger partial charge >= 0.3 is 0 Å². The highest BCUT2D eigenvalue weighted by Crippen LogP contribution is 2.30. The van der Waals surface area contributed by atoms with Crippen LogP contribution in [0.3, 0.4) is 0 Å². The Hall–Kier alpha value is -0.810. The quantitative estimate of drug-likeness (QED) is 0.929. The van der Waals surface area contributed by atoms with Crippen molar-refractivity contribution in [3.05, 3.63) is 22.6 Å². The molecular weight excluding hydrogens is 296 g/mol. The summed E-state index contributed by atoms with van der Waals surface area (Å²) in [5, 5.41) is 0. The van der Waals surface area contributed by atoms with Gasteiger partial charge in [-0.2, -0.15) is 0 Å². The number of hydrogen-bond acceptors (Lipinski definition) is 3. The van der Waals surface area contributed by atoms with E-state index < -0.39 is 0 Å². The lowest BCUT2D eigenvalue weighted by molar-refractivity contribution is -0.131. The summed E-state index contributed by atoms with van der Waals surface area (Å²) >= 11 is 3.25. The molecular formula is C13H19BrN2O2. The van der Waals surface area contributed by atoms with Crippen LogP contribution in [-0.2, 0) is 11.3 Å². The molecule has 1 heterocycles. The monoisotopic (exact) mass is 314 g/mol. The number of nitrogens with zero attached hydrogens (tertiary/aromatic N) is 1. The second kappa shape index (κ2) is 5.45. The van der Waals surface area contributed by atoms with Crippen LogP contribution in [0.2, 0.25) is 0 Å². The Morgan fingerprint density at radius 3 is 2.72 bits per heavy atom. The van der Waals surface area contributed by atoms with Crippen molar-refractivity contribution >= 4 is 21.8 Å². The normalized spacial score (nSPS) is 17.9. The minimum atomic E-state index is -0.283. The summed E-state index contributed by atoms with van der Waals surface area (Å²) in [5.74, 6) is 0.863. The van der Waals surface area contributed by atoms with Crippen molar-refractivity contribution in [1.29, 1.82) is 0 Å². The molecule has 1 aromatic rings. The van der Waals surface area contributed by atoms with Gasteiger partial charge in [0.25, 0.3) is 0 Å². The van der Waals surface area contributed by atoms with E-state index in [2.05, 4.69) is 15.9 Å². The standard InChI is InChI=1S/C13H19BrN2O2/c1-16(9-10-4-5-11(14)18-10)12(17)8-13(15)6-2-3-7-13/h4-5H,2-3,6-9,15H2,1H3. The molecule has 1 aliphatic rings. The van der Waals surface area contributed by atoms with Gasteiger partial charge in [-0.1, -0.05) is 12.8 Å². The van der Waals surface area contributed by atoms with Crippen LogP contribution in [0.25, 0.3) is 0 Å². The van der Waals surface area contributed by atoms with E-state index in [9.17, 15) is 4.79 Å².